The first-order valence-corrected chi connectivity index (χ1v) is 11.5. The molecule has 2 N–H and O–H groups in total. The first-order chi connectivity index (χ1) is 16.9. The molecule has 0 radical (unpaired) electrons. The van der Waals surface area contributed by atoms with Gasteiger partial charge in [-0.15, -0.1) is 0 Å². The third-order valence-electron chi connectivity index (χ3n) is 6.27. The van der Waals surface area contributed by atoms with Gasteiger partial charge in [-0.2, -0.15) is 0 Å². The molecule has 180 valence electrons. The van der Waals surface area contributed by atoms with Gasteiger partial charge in [0.15, 0.2) is 18.2 Å². The first kappa shape index (κ1) is 22.5. The summed E-state index contributed by atoms with van der Waals surface area (Å²) in [5, 5.41) is 13.8. The molecule has 0 unspecified atom stereocenters. The van der Waals surface area contributed by atoms with Gasteiger partial charge >= 0.3 is 0 Å². The minimum Gasteiger partial charge on any atom is -0.505 e. The van der Waals surface area contributed by atoms with Gasteiger partial charge in [0.2, 0.25) is 0 Å². The highest BCUT2D eigenvalue weighted by atomic mass is 16.5. The van der Waals surface area contributed by atoms with E-state index in [1.807, 2.05) is 35.9 Å². The summed E-state index contributed by atoms with van der Waals surface area (Å²) in [5.41, 5.74) is 2.81. The van der Waals surface area contributed by atoms with Crippen molar-refractivity contribution in [2.24, 2.45) is 14.1 Å². The number of rotatable bonds is 6. The number of hydrogen-bond acceptors (Lipinski definition) is 5. The summed E-state index contributed by atoms with van der Waals surface area (Å²) in [6, 6.07) is 14.6. The van der Waals surface area contributed by atoms with Crippen LogP contribution < -0.4 is 10.1 Å². The van der Waals surface area contributed by atoms with Crippen LogP contribution in [0.5, 0.6) is 11.5 Å². The van der Waals surface area contributed by atoms with E-state index in [1.54, 1.807) is 47.0 Å². The van der Waals surface area contributed by atoms with E-state index in [-0.39, 0.29) is 29.7 Å². The van der Waals surface area contributed by atoms with Crippen molar-refractivity contribution in [3.05, 3.63) is 60.3 Å². The van der Waals surface area contributed by atoms with Crippen LogP contribution in [0.1, 0.15) is 23.2 Å². The van der Waals surface area contributed by atoms with Gasteiger partial charge in [0.1, 0.15) is 11.4 Å². The normalized spacial score (nSPS) is 13.4. The topological polar surface area (TPSA) is 102 Å². The highest BCUT2D eigenvalue weighted by Crippen LogP contribution is 2.36. The third-order valence-corrected chi connectivity index (χ3v) is 6.27. The molecular formula is C26H27N5O4. The molecule has 2 aromatic carbocycles. The van der Waals surface area contributed by atoms with Crippen LogP contribution >= 0.6 is 0 Å². The fourth-order valence-corrected chi connectivity index (χ4v) is 4.48. The number of aromatic nitrogens is 3. The van der Waals surface area contributed by atoms with Crippen LogP contribution in [-0.4, -0.2) is 55.6 Å². The fraction of sp³-hybridized carbons (Fsp3) is 0.269. The molecule has 0 spiro atoms. The predicted octanol–water partition coefficient (Wildman–Crippen LogP) is 3.54. The van der Waals surface area contributed by atoms with Gasteiger partial charge < -0.3 is 29.2 Å². The Kier molecular flexibility index (Phi) is 5.90. The number of imidazole rings is 1. The number of benzene rings is 2. The maximum Gasteiger partial charge on any atom is 0.262 e. The molecule has 2 aromatic heterocycles. The molecule has 0 saturated carbocycles. The van der Waals surface area contributed by atoms with E-state index in [4.69, 9.17) is 9.72 Å². The molecule has 1 aliphatic rings. The quantitative estimate of drug-likeness (QED) is 0.446. The van der Waals surface area contributed by atoms with Crippen molar-refractivity contribution in [2.45, 2.75) is 12.8 Å². The van der Waals surface area contributed by atoms with Crippen molar-refractivity contribution in [3.8, 4) is 23.0 Å². The summed E-state index contributed by atoms with van der Waals surface area (Å²) in [4.78, 5) is 31.7. The zero-order valence-electron chi connectivity index (χ0n) is 19.7. The Labute approximate surface area is 202 Å². The molecule has 2 amide bonds. The average molecular weight is 474 g/mol. The molecule has 3 heterocycles. The van der Waals surface area contributed by atoms with Crippen LogP contribution in [0.15, 0.2) is 54.7 Å². The number of anilines is 1. The van der Waals surface area contributed by atoms with Crippen LogP contribution in [0.2, 0.25) is 0 Å². The molecule has 0 atom stereocenters. The summed E-state index contributed by atoms with van der Waals surface area (Å²) in [5.74, 6) is 0.626. The van der Waals surface area contributed by atoms with Gasteiger partial charge in [0.25, 0.3) is 11.8 Å². The molecule has 1 aliphatic heterocycles. The second-order valence-electron chi connectivity index (χ2n) is 8.70. The Balaban J connectivity index is 1.38. The molecule has 5 rings (SSSR count). The Bertz CT molecular complexity index is 1400. The highest BCUT2D eigenvalue weighted by molar-refractivity contribution is 5.99. The van der Waals surface area contributed by atoms with Gasteiger partial charge in [-0.3, -0.25) is 9.59 Å². The number of hydrogen-bond donors (Lipinski definition) is 2. The standard InChI is InChI=1S/C26H27N5O4/c1-29-15-19(26(34)31-12-6-7-13-31)24(33)23(29)25-28-20-14-17(10-11-21(20)30(25)2)27-22(32)16-35-18-8-4-3-5-9-18/h3-5,8-11,14-15,33H,6-7,12-13,16H2,1-2H3,(H,27,32). The van der Waals surface area contributed by atoms with E-state index in [0.717, 1.165) is 18.4 Å². The number of aryl methyl sites for hydroxylation is 2. The molecule has 4 aromatic rings. The van der Waals surface area contributed by atoms with Crippen molar-refractivity contribution in [3.63, 3.8) is 0 Å². The van der Waals surface area contributed by atoms with E-state index in [2.05, 4.69) is 5.32 Å². The van der Waals surface area contributed by atoms with E-state index in [1.165, 1.54) is 0 Å². The Morgan fingerprint density at radius 2 is 1.83 bits per heavy atom. The van der Waals surface area contributed by atoms with Crippen LogP contribution in [0.3, 0.4) is 0 Å². The number of ether oxygens (including phenoxy) is 1. The Hall–Kier alpha value is -4.27. The number of nitrogens with zero attached hydrogens (tertiary/aromatic N) is 4. The fourth-order valence-electron chi connectivity index (χ4n) is 4.48. The van der Waals surface area contributed by atoms with Crippen LogP contribution in [-0.2, 0) is 18.9 Å². The summed E-state index contributed by atoms with van der Waals surface area (Å²) < 4.78 is 9.09. The van der Waals surface area contributed by atoms with E-state index < -0.39 is 0 Å². The number of fused-ring (bicyclic) bond motifs is 1. The number of amides is 2. The molecule has 1 fully saturated rings. The lowest BCUT2D eigenvalue weighted by atomic mass is 10.2. The van der Waals surface area contributed by atoms with Gasteiger partial charge in [-0.25, -0.2) is 4.98 Å². The van der Waals surface area contributed by atoms with Crippen molar-refractivity contribution < 1.29 is 19.4 Å². The number of nitrogens with one attached hydrogen (secondary N) is 1. The minimum absolute atomic E-state index is 0.0746. The molecule has 0 aliphatic carbocycles. The Morgan fingerprint density at radius 1 is 1.09 bits per heavy atom. The van der Waals surface area contributed by atoms with E-state index in [0.29, 0.717) is 41.6 Å². The van der Waals surface area contributed by atoms with Gasteiger partial charge in [0, 0.05) is 39.1 Å². The van der Waals surface area contributed by atoms with Crippen LogP contribution in [0, 0.1) is 0 Å². The van der Waals surface area contributed by atoms with Crippen molar-refractivity contribution in [2.75, 3.05) is 25.0 Å². The SMILES string of the molecule is Cn1cc(C(=O)N2CCCC2)c(O)c1-c1nc2cc(NC(=O)COc3ccccc3)ccc2n1C. The molecule has 9 heteroatoms. The maximum atomic E-state index is 12.9. The molecule has 35 heavy (non-hydrogen) atoms. The zero-order valence-corrected chi connectivity index (χ0v) is 19.7. The lowest BCUT2D eigenvalue weighted by Crippen LogP contribution is -2.27. The van der Waals surface area contributed by atoms with Gasteiger partial charge in [-0.05, 0) is 43.2 Å². The van der Waals surface area contributed by atoms with Gasteiger partial charge in [-0.1, -0.05) is 18.2 Å². The summed E-state index contributed by atoms with van der Waals surface area (Å²) in [6.07, 6.45) is 3.62. The second kappa shape index (κ2) is 9.17. The number of carbonyl (C=O) groups excluding carboxylic acids is 2. The van der Waals surface area contributed by atoms with Crippen LogP contribution in [0.4, 0.5) is 5.69 Å². The summed E-state index contributed by atoms with van der Waals surface area (Å²) in [6.45, 7) is 1.31. The van der Waals surface area contributed by atoms with E-state index >= 15 is 0 Å². The smallest absolute Gasteiger partial charge is 0.262 e. The Morgan fingerprint density at radius 3 is 2.57 bits per heavy atom. The summed E-state index contributed by atoms with van der Waals surface area (Å²) >= 11 is 0. The number of carbonyl (C=O) groups is 2. The van der Waals surface area contributed by atoms with Crippen molar-refractivity contribution >= 4 is 28.5 Å². The number of likely N-dealkylation sites (tertiary alicyclic amines) is 1. The lowest BCUT2D eigenvalue weighted by Gasteiger charge is -2.14. The summed E-state index contributed by atoms with van der Waals surface area (Å²) in [7, 11) is 3.64. The first-order valence-electron chi connectivity index (χ1n) is 11.5. The predicted molar refractivity (Wildman–Crippen MR) is 132 cm³/mol. The molecule has 9 nitrogen and oxygen atoms in total. The molecule has 0 bridgehead atoms. The number of para-hydroxylation sites is 1. The molecular weight excluding hydrogens is 446 g/mol. The van der Waals surface area contributed by atoms with E-state index in [9.17, 15) is 14.7 Å². The second-order valence-corrected chi connectivity index (χ2v) is 8.70. The third kappa shape index (κ3) is 4.32. The van der Waals surface area contributed by atoms with Crippen molar-refractivity contribution in [1.29, 1.82) is 0 Å². The highest BCUT2D eigenvalue weighted by Gasteiger charge is 2.28. The monoisotopic (exact) mass is 473 g/mol. The lowest BCUT2D eigenvalue weighted by molar-refractivity contribution is -0.118. The van der Waals surface area contributed by atoms with Crippen LogP contribution in [0.25, 0.3) is 22.6 Å². The maximum absolute atomic E-state index is 12.9. The zero-order chi connectivity index (χ0) is 24.5. The average Bonchev–Trinajstić information content (AvgIpc) is 3.57. The number of aromatic hydroxyl groups is 1. The van der Waals surface area contributed by atoms with Crippen molar-refractivity contribution in [1.82, 2.24) is 19.0 Å². The minimum atomic E-state index is -0.283. The van der Waals surface area contributed by atoms with Gasteiger partial charge in [0.05, 0.1) is 16.6 Å². The molecule has 1 saturated heterocycles. The largest absolute Gasteiger partial charge is 0.505 e.